The molecule has 178 valence electrons. The van der Waals surface area contributed by atoms with E-state index in [1.54, 1.807) is 24.3 Å². The number of carbonyl (C=O) groups is 3. The monoisotopic (exact) mass is 664 g/mol. The van der Waals surface area contributed by atoms with E-state index in [9.17, 15) is 14.4 Å². The molecule has 1 aliphatic rings. The summed E-state index contributed by atoms with van der Waals surface area (Å²) in [5, 5.41) is 2.63. The van der Waals surface area contributed by atoms with Gasteiger partial charge in [0.2, 0.25) is 0 Å². The number of benzene rings is 3. The van der Waals surface area contributed by atoms with E-state index in [1.807, 2.05) is 32.0 Å². The van der Waals surface area contributed by atoms with Crippen molar-refractivity contribution in [1.29, 1.82) is 0 Å². The predicted molar refractivity (Wildman–Crippen MR) is 148 cm³/mol. The maximum absolute atomic E-state index is 13.2. The van der Waals surface area contributed by atoms with Gasteiger partial charge in [-0.3, -0.25) is 14.9 Å². The molecule has 1 aliphatic heterocycles. The second kappa shape index (κ2) is 10.5. The first-order valence-electron chi connectivity index (χ1n) is 10.5. The summed E-state index contributed by atoms with van der Waals surface area (Å²) in [4.78, 5) is 39.0. The summed E-state index contributed by atoms with van der Waals surface area (Å²) >= 11 is 11.8. The fourth-order valence-corrected chi connectivity index (χ4v) is 5.48. The summed E-state index contributed by atoms with van der Waals surface area (Å²) in [6, 6.07) is 15.6. The summed E-state index contributed by atoms with van der Waals surface area (Å²) in [5.74, 6) is -0.843. The highest BCUT2D eigenvalue weighted by Gasteiger charge is 2.37. The Hall–Kier alpha value is -2.69. The van der Waals surface area contributed by atoms with Crippen molar-refractivity contribution in [1.82, 2.24) is 5.32 Å². The largest absolute Gasteiger partial charge is 0.487 e. The molecule has 4 rings (SSSR count). The molecule has 3 aromatic rings. The Balaban J connectivity index is 1.62. The van der Waals surface area contributed by atoms with E-state index in [-0.39, 0.29) is 11.3 Å². The van der Waals surface area contributed by atoms with Gasteiger partial charge < -0.3 is 4.74 Å². The van der Waals surface area contributed by atoms with E-state index in [0.29, 0.717) is 27.4 Å². The van der Waals surface area contributed by atoms with Crippen molar-refractivity contribution in [2.24, 2.45) is 0 Å². The molecule has 0 spiro atoms. The number of nitrogens with one attached hydrogen (secondary N) is 1. The van der Waals surface area contributed by atoms with Crippen LogP contribution in [0.1, 0.15) is 22.3 Å². The molecule has 0 saturated carbocycles. The quantitative estimate of drug-likeness (QED) is 0.190. The van der Waals surface area contributed by atoms with Gasteiger partial charge in [-0.2, -0.15) is 0 Å². The number of hydrogen-bond donors (Lipinski definition) is 1. The number of halogens is 3. The van der Waals surface area contributed by atoms with E-state index in [4.69, 9.17) is 16.3 Å². The first-order valence-corrected chi connectivity index (χ1v) is 12.7. The van der Waals surface area contributed by atoms with Crippen molar-refractivity contribution in [2.45, 2.75) is 20.5 Å². The van der Waals surface area contributed by atoms with Crippen LogP contribution < -0.4 is 15.0 Å². The standard InChI is InChI=1S/C26H19BrClIN2O4/c1-14-4-3-5-16(8-14)13-35-23-20(27)10-17(11-22(23)29)9-19-24(32)30-26(34)31(25(19)33)18-7-6-15(2)21(28)12-18/h3-12H,13H2,1-2H3,(H,30,32,34)/b19-9-. The molecule has 0 aliphatic carbocycles. The second-order valence-electron chi connectivity index (χ2n) is 7.98. The summed E-state index contributed by atoms with van der Waals surface area (Å²) in [6.07, 6.45) is 1.45. The van der Waals surface area contributed by atoms with Crippen LogP contribution in [0.5, 0.6) is 5.75 Å². The van der Waals surface area contributed by atoms with Crippen molar-refractivity contribution in [3.63, 3.8) is 0 Å². The van der Waals surface area contributed by atoms with Crippen LogP contribution in [0.15, 0.2) is 64.6 Å². The van der Waals surface area contributed by atoms with Gasteiger partial charge in [-0.1, -0.05) is 47.5 Å². The van der Waals surface area contributed by atoms with Gasteiger partial charge >= 0.3 is 6.03 Å². The first-order chi connectivity index (χ1) is 16.6. The van der Waals surface area contributed by atoms with Gasteiger partial charge in [0, 0.05) is 5.02 Å². The summed E-state index contributed by atoms with van der Waals surface area (Å²) in [5.41, 5.74) is 3.70. The lowest BCUT2D eigenvalue weighted by molar-refractivity contribution is -0.122. The van der Waals surface area contributed by atoms with Gasteiger partial charge in [0.1, 0.15) is 17.9 Å². The van der Waals surface area contributed by atoms with Crippen LogP contribution in [0.3, 0.4) is 0 Å². The minimum absolute atomic E-state index is 0.169. The summed E-state index contributed by atoms with van der Waals surface area (Å²) in [7, 11) is 0. The minimum Gasteiger partial charge on any atom is -0.487 e. The first kappa shape index (κ1) is 25.4. The van der Waals surface area contributed by atoms with E-state index < -0.39 is 17.8 Å². The molecule has 0 aromatic heterocycles. The molecule has 0 atom stereocenters. The van der Waals surface area contributed by atoms with Crippen molar-refractivity contribution >= 4 is 79.7 Å². The maximum Gasteiger partial charge on any atom is 0.335 e. The smallest absolute Gasteiger partial charge is 0.335 e. The fourth-order valence-electron chi connectivity index (χ4n) is 3.54. The summed E-state index contributed by atoms with van der Waals surface area (Å²) < 4.78 is 7.48. The number of anilines is 1. The number of rotatable bonds is 5. The van der Waals surface area contributed by atoms with Crippen molar-refractivity contribution < 1.29 is 19.1 Å². The van der Waals surface area contributed by atoms with Crippen molar-refractivity contribution in [3.8, 4) is 5.75 Å². The van der Waals surface area contributed by atoms with Crippen LogP contribution in [0.4, 0.5) is 10.5 Å². The topological polar surface area (TPSA) is 75.7 Å². The zero-order chi connectivity index (χ0) is 25.3. The van der Waals surface area contributed by atoms with Gasteiger partial charge in [0.15, 0.2) is 0 Å². The number of amides is 4. The highest BCUT2D eigenvalue weighted by atomic mass is 127. The molecule has 1 fully saturated rings. The molecule has 1 saturated heterocycles. The number of aryl methyl sites for hydroxylation is 2. The van der Waals surface area contributed by atoms with Gasteiger partial charge in [-0.15, -0.1) is 0 Å². The van der Waals surface area contributed by atoms with Crippen LogP contribution in [0, 0.1) is 17.4 Å². The Morgan fingerprint density at radius 2 is 1.86 bits per heavy atom. The van der Waals surface area contributed by atoms with Gasteiger partial charge in [-0.05, 0) is 99.4 Å². The fraction of sp³-hybridized carbons (Fsp3) is 0.115. The van der Waals surface area contributed by atoms with Gasteiger partial charge in [0.25, 0.3) is 11.8 Å². The Morgan fingerprint density at radius 3 is 2.54 bits per heavy atom. The predicted octanol–water partition coefficient (Wildman–Crippen LogP) is 6.57. The Kier molecular flexibility index (Phi) is 7.63. The van der Waals surface area contributed by atoms with Gasteiger partial charge in [-0.25, -0.2) is 9.69 Å². The molecule has 4 amide bonds. The molecule has 1 heterocycles. The normalized spacial score (nSPS) is 14.9. The van der Waals surface area contributed by atoms with Crippen LogP contribution >= 0.6 is 50.1 Å². The molecule has 0 bridgehead atoms. The van der Waals surface area contributed by atoms with E-state index in [2.05, 4.69) is 49.9 Å². The van der Waals surface area contributed by atoms with Gasteiger partial charge in [0.05, 0.1) is 13.7 Å². The molecule has 0 unspecified atom stereocenters. The zero-order valence-corrected chi connectivity index (χ0v) is 23.2. The van der Waals surface area contributed by atoms with Crippen molar-refractivity contribution in [3.05, 3.63) is 95.5 Å². The lowest BCUT2D eigenvalue weighted by atomic mass is 10.1. The van der Waals surface area contributed by atoms with E-state index in [1.165, 1.54) is 12.1 Å². The highest BCUT2D eigenvalue weighted by Crippen LogP contribution is 2.34. The third-order valence-electron chi connectivity index (χ3n) is 5.31. The molecule has 1 N–H and O–H groups in total. The van der Waals surface area contributed by atoms with E-state index >= 15 is 0 Å². The van der Waals surface area contributed by atoms with Crippen LogP contribution in [0.2, 0.25) is 5.02 Å². The lowest BCUT2D eigenvalue weighted by Gasteiger charge is -2.26. The molecule has 6 nitrogen and oxygen atoms in total. The maximum atomic E-state index is 13.2. The zero-order valence-electron chi connectivity index (χ0n) is 18.7. The average molecular weight is 666 g/mol. The van der Waals surface area contributed by atoms with Crippen LogP contribution in [-0.2, 0) is 16.2 Å². The molecule has 9 heteroatoms. The minimum atomic E-state index is -0.826. The molecule has 35 heavy (non-hydrogen) atoms. The Labute approximate surface area is 229 Å². The highest BCUT2D eigenvalue weighted by molar-refractivity contribution is 14.1. The molecular formula is C26H19BrClIN2O4. The SMILES string of the molecule is Cc1cccc(COc2c(Br)cc(/C=C3/C(=O)NC(=O)N(c4ccc(C)c(Cl)c4)C3=O)cc2I)c1. The summed E-state index contributed by atoms with van der Waals surface area (Å²) in [6.45, 7) is 4.23. The molecule has 3 aromatic carbocycles. The van der Waals surface area contributed by atoms with Crippen LogP contribution in [-0.4, -0.2) is 17.8 Å². The second-order valence-corrected chi connectivity index (χ2v) is 10.4. The third-order valence-corrected chi connectivity index (χ3v) is 7.11. The lowest BCUT2D eigenvalue weighted by Crippen LogP contribution is -2.54. The molecule has 0 radical (unpaired) electrons. The average Bonchev–Trinajstić information content (AvgIpc) is 2.78. The Morgan fingerprint density at radius 1 is 1.09 bits per heavy atom. The number of carbonyl (C=O) groups excluding carboxylic acids is 3. The third kappa shape index (κ3) is 5.60. The van der Waals surface area contributed by atoms with Crippen LogP contribution in [0.25, 0.3) is 6.08 Å². The number of hydrogen-bond acceptors (Lipinski definition) is 4. The van der Waals surface area contributed by atoms with Crippen molar-refractivity contribution in [2.75, 3.05) is 4.90 Å². The van der Waals surface area contributed by atoms with E-state index in [0.717, 1.165) is 25.2 Å². The number of ether oxygens (including phenoxy) is 1. The number of imide groups is 2. The Bertz CT molecular complexity index is 1380. The number of urea groups is 1. The number of barbiturate groups is 1. The molecular weight excluding hydrogens is 647 g/mol. The number of nitrogens with zero attached hydrogens (tertiary/aromatic N) is 1.